The fourth-order valence-electron chi connectivity index (χ4n) is 3.45. The second kappa shape index (κ2) is 7.88. The molecule has 2 saturated heterocycles. The van der Waals surface area contributed by atoms with Crippen molar-refractivity contribution >= 4 is 29.4 Å². The van der Waals surface area contributed by atoms with Crippen molar-refractivity contribution in [2.75, 3.05) is 49.8 Å². The van der Waals surface area contributed by atoms with Crippen molar-refractivity contribution in [3.8, 4) is 5.75 Å². The monoisotopic (exact) mass is 395 g/mol. The number of anilines is 2. The Kier molecular flexibility index (Phi) is 5.13. The van der Waals surface area contributed by atoms with Crippen LogP contribution in [-0.4, -0.2) is 72.6 Å². The molecule has 0 saturated carbocycles. The van der Waals surface area contributed by atoms with Gasteiger partial charge in [0.1, 0.15) is 11.6 Å². The Morgan fingerprint density at radius 2 is 1.66 bits per heavy atom. The van der Waals surface area contributed by atoms with Crippen LogP contribution in [0.4, 0.5) is 16.3 Å². The van der Waals surface area contributed by atoms with Crippen LogP contribution in [0.1, 0.15) is 0 Å². The van der Waals surface area contributed by atoms with Crippen molar-refractivity contribution in [3.63, 3.8) is 0 Å². The van der Waals surface area contributed by atoms with Gasteiger partial charge in [-0.2, -0.15) is 0 Å². The summed E-state index contributed by atoms with van der Waals surface area (Å²) < 4.78 is 5.09. The molecule has 9 heteroatoms. The first-order valence-corrected chi connectivity index (χ1v) is 9.31. The summed E-state index contributed by atoms with van der Waals surface area (Å²) in [6.07, 6.45) is 1.75. The summed E-state index contributed by atoms with van der Waals surface area (Å²) in [5.41, 5.74) is 0.344. The van der Waals surface area contributed by atoms with E-state index in [-0.39, 0.29) is 6.67 Å². The lowest BCUT2D eigenvalue weighted by Gasteiger charge is -2.36. The van der Waals surface area contributed by atoms with E-state index in [2.05, 4.69) is 9.88 Å². The summed E-state index contributed by atoms with van der Waals surface area (Å²) in [5, 5.41) is 0. The molecule has 0 radical (unpaired) electrons. The van der Waals surface area contributed by atoms with E-state index in [9.17, 15) is 14.4 Å². The number of carbonyl (C=O) groups is 3. The maximum Gasteiger partial charge on any atom is 0.340 e. The summed E-state index contributed by atoms with van der Waals surface area (Å²) in [7, 11) is 1.53. The summed E-state index contributed by atoms with van der Waals surface area (Å²) >= 11 is 0. The van der Waals surface area contributed by atoms with Crippen LogP contribution in [0.25, 0.3) is 0 Å². The molecule has 2 aromatic rings. The summed E-state index contributed by atoms with van der Waals surface area (Å²) in [4.78, 5) is 48.0. The van der Waals surface area contributed by atoms with Gasteiger partial charge in [-0.25, -0.2) is 19.6 Å². The number of aromatic nitrogens is 1. The first-order chi connectivity index (χ1) is 14.1. The Morgan fingerprint density at radius 1 is 0.931 bits per heavy atom. The number of methoxy groups -OCH3 is 1. The molecule has 0 atom stereocenters. The highest BCUT2D eigenvalue weighted by atomic mass is 16.5. The number of hydrogen-bond donors (Lipinski definition) is 0. The van der Waals surface area contributed by atoms with E-state index >= 15 is 0 Å². The third-order valence-corrected chi connectivity index (χ3v) is 5.07. The number of urea groups is 1. The van der Waals surface area contributed by atoms with E-state index in [0.29, 0.717) is 24.5 Å². The van der Waals surface area contributed by atoms with Gasteiger partial charge >= 0.3 is 17.8 Å². The molecule has 1 aromatic heterocycles. The molecule has 3 heterocycles. The number of piperazine rings is 1. The molecule has 2 fully saturated rings. The molecule has 29 heavy (non-hydrogen) atoms. The minimum atomic E-state index is -0.840. The molecule has 9 nitrogen and oxygen atoms in total. The standard InChI is InChI=1S/C20H21N5O4/c1-29-16-7-5-15(6-8-16)25-19(27)18(26)24(20(25)28)14-22-10-12-23(13-11-22)17-4-2-3-9-21-17/h2-9H,10-14H2,1H3. The van der Waals surface area contributed by atoms with Crippen molar-refractivity contribution in [2.24, 2.45) is 0 Å². The zero-order valence-electron chi connectivity index (χ0n) is 16.0. The van der Waals surface area contributed by atoms with E-state index < -0.39 is 17.8 Å². The Morgan fingerprint density at radius 3 is 2.28 bits per heavy atom. The van der Waals surface area contributed by atoms with E-state index in [1.165, 1.54) is 7.11 Å². The summed E-state index contributed by atoms with van der Waals surface area (Å²) in [5.74, 6) is -0.145. The van der Waals surface area contributed by atoms with E-state index in [1.54, 1.807) is 30.5 Å². The highest BCUT2D eigenvalue weighted by Crippen LogP contribution is 2.25. The largest absolute Gasteiger partial charge is 0.497 e. The van der Waals surface area contributed by atoms with Crippen molar-refractivity contribution in [1.82, 2.24) is 14.8 Å². The van der Waals surface area contributed by atoms with Gasteiger partial charge < -0.3 is 9.64 Å². The molecule has 1 aromatic carbocycles. The van der Waals surface area contributed by atoms with Gasteiger partial charge in [0.25, 0.3) is 0 Å². The molecule has 0 N–H and O–H groups in total. The normalized spacial score (nSPS) is 18.0. The maximum atomic E-state index is 12.8. The summed E-state index contributed by atoms with van der Waals surface area (Å²) in [6.45, 7) is 2.85. The fourth-order valence-corrected chi connectivity index (χ4v) is 3.45. The number of hydrogen-bond acceptors (Lipinski definition) is 7. The lowest BCUT2D eigenvalue weighted by Crippen LogP contribution is -2.51. The predicted molar refractivity (Wildman–Crippen MR) is 106 cm³/mol. The van der Waals surface area contributed by atoms with Crippen LogP contribution in [0.5, 0.6) is 5.75 Å². The molecule has 0 spiro atoms. The minimum Gasteiger partial charge on any atom is -0.497 e. The maximum absolute atomic E-state index is 12.8. The fraction of sp³-hybridized carbons (Fsp3) is 0.300. The number of benzene rings is 1. The van der Waals surface area contributed by atoms with Crippen LogP contribution in [0, 0.1) is 0 Å². The third kappa shape index (κ3) is 3.64. The van der Waals surface area contributed by atoms with Gasteiger partial charge in [0.2, 0.25) is 0 Å². The van der Waals surface area contributed by atoms with Crippen LogP contribution in [0.3, 0.4) is 0 Å². The molecular weight excluding hydrogens is 374 g/mol. The molecule has 150 valence electrons. The molecule has 0 aliphatic carbocycles. The Bertz CT molecular complexity index is 910. The first-order valence-electron chi connectivity index (χ1n) is 9.31. The SMILES string of the molecule is COc1ccc(N2C(=O)C(=O)N(CN3CCN(c4ccccn4)CC3)C2=O)cc1. The molecule has 2 aliphatic rings. The number of nitrogens with zero attached hydrogens (tertiary/aromatic N) is 5. The quantitative estimate of drug-likeness (QED) is 0.555. The molecule has 0 unspecified atom stereocenters. The summed E-state index contributed by atoms with van der Waals surface area (Å²) in [6, 6.07) is 11.6. The van der Waals surface area contributed by atoms with E-state index in [0.717, 1.165) is 28.7 Å². The topological polar surface area (TPSA) is 86.3 Å². The second-order valence-electron chi connectivity index (χ2n) is 6.79. The number of rotatable bonds is 5. The lowest BCUT2D eigenvalue weighted by atomic mass is 10.3. The Hall–Kier alpha value is -3.46. The van der Waals surface area contributed by atoms with Gasteiger partial charge in [0.15, 0.2) is 0 Å². The van der Waals surface area contributed by atoms with Gasteiger partial charge in [-0.1, -0.05) is 6.07 Å². The number of ether oxygens (including phenoxy) is 1. The zero-order valence-corrected chi connectivity index (χ0v) is 16.0. The molecular formula is C20H21N5O4. The average molecular weight is 395 g/mol. The van der Waals surface area contributed by atoms with Gasteiger partial charge in [-0.3, -0.25) is 14.5 Å². The molecule has 2 aliphatic heterocycles. The lowest BCUT2D eigenvalue weighted by molar-refractivity contribution is -0.140. The van der Waals surface area contributed by atoms with Crippen LogP contribution in [0.2, 0.25) is 0 Å². The zero-order chi connectivity index (χ0) is 20.4. The molecule has 0 bridgehead atoms. The smallest absolute Gasteiger partial charge is 0.340 e. The third-order valence-electron chi connectivity index (χ3n) is 5.07. The first kappa shape index (κ1) is 18.9. The van der Waals surface area contributed by atoms with Crippen molar-refractivity contribution < 1.29 is 19.1 Å². The number of pyridine rings is 1. The van der Waals surface area contributed by atoms with Crippen molar-refractivity contribution in [3.05, 3.63) is 48.7 Å². The minimum absolute atomic E-state index is 0.0894. The predicted octanol–water partition coefficient (Wildman–Crippen LogP) is 1.17. The van der Waals surface area contributed by atoms with E-state index in [1.807, 2.05) is 23.1 Å². The Balaban J connectivity index is 1.41. The number of amides is 4. The number of imide groups is 2. The van der Waals surface area contributed by atoms with Crippen molar-refractivity contribution in [1.29, 1.82) is 0 Å². The van der Waals surface area contributed by atoms with Crippen LogP contribution in [0.15, 0.2) is 48.7 Å². The van der Waals surface area contributed by atoms with Gasteiger partial charge in [0.05, 0.1) is 19.5 Å². The molecule has 4 rings (SSSR count). The van der Waals surface area contributed by atoms with Crippen molar-refractivity contribution in [2.45, 2.75) is 0 Å². The van der Waals surface area contributed by atoms with Crippen LogP contribution < -0.4 is 14.5 Å². The Labute approximate surface area is 168 Å². The van der Waals surface area contributed by atoms with Crippen LogP contribution >= 0.6 is 0 Å². The van der Waals surface area contributed by atoms with E-state index in [4.69, 9.17) is 4.74 Å². The number of carbonyl (C=O) groups excluding carboxylic acids is 3. The molecule has 4 amide bonds. The van der Waals surface area contributed by atoms with Gasteiger partial charge in [0, 0.05) is 32.4 Å². The average Bonchev–Trinajstić information content (AvgIpc) is 2.98. The van der Waals surface area contributed by atoms with Gasteiger partial charge in [-0.15, -0.1) is 0 Å². The highest BCUT2D eigenvalue weighted by Gasteiger charge is 2.46. The highest BCUT2D eigenvalue weighted by molar-refractivity contribution is 6.52. The second-order valence-corrected chi connectivity index (χ2v) is 6.79. The van der Waals surface area contributed by atoms with Gasteiger partial charge in [-0.05, 0) is 36.4 Å². The van der Waals surface area contributed by atoms with Crippen LogP contribution in [-0.2, 0) is 9.59 Å².